The highest BCUT2D eigenvalue weighted by Crippen LogP contribution is 2.26. The first kappa shape index (κ1) is 17.8. The summed E-state index contributed by atoms with van der Waals surface area (Å²) in [6.45, 7) is 1.20. The van der Waals surface area contributed by atoms with Crippen LogP contribution < -0.4 is 5.32 Å². The first-order valence-corrected chi connectivity index (χ1v) is 8.59. The highest BCUT2D eigenvalue weighted by Gasteiger charge is 2.20. The summed E-state index contributed by atoms with van der Waals surface area (Å²) >= 11 is 1.46. The van der Waals surface area contributed by atoms with Gasteiger partial charge in [0.1, 0.15) is 5.82 Å². The van der Waals surface area contributed by atoms with Crippen LogP contribution in [-0.2, 0) is 9.53 Å². The molecule has 26 heavy (non-hydrogen) atoms. The second-order valence-electron chi connectivity index (χ2n) is 5.48. The fraction of sp³-hybridized carbons (Fsp3) is 0.167. The van der Waals surface area contributed by atoms with Crippen molar-refractivity contribution >= 4 is 23.2 Å². The number of rotatable bonds is 6. The minimum absolute atomic E-state index is 0.0661. The first-order chi connectivity index (χ1) is 12.5. The lowest BCUT2D eigenvalue weighted by molar-refractivity contribution is -0.124. The van der Waals surface area contributed by atoms with E-state index in [2.05, 4.69) is 10.5 Å². The standard InChI is InChI=1S/C18H15FN2O4S/c1-11-9-14(25-21-11)18(23)24-10-16(22)20-17(15-3-2-8-26-15)12-4-6-13(19)7-5-12/h2-9,17H,10H2,1H3,(H,20,22). The maximum atomic E-state index is 13.2. The highest BCUT2D eigenvalue weighted by molar-refractivity contribution is 7.10. The van der Waals surface area contributed by atoms with Crippen molar-refractivity contribution in [2.75, 3.05) is 6.61 Å². The lowest BCUT2D eigenvalue weighted by Crippen LogP contribution is -2.32. The van der Waals surface area contributed by atoms with Crippen molar-refractivity contribution in [1.82, 2.24) is 10.5 Å². The Labute approximate surface area is 152 Å². The van der Waals surface area contributed by atoms with Gasteiger partial charge in [-0.1, -0.05) is 23.4 Å². The van der Waals surface area contributed by atoms with Crippen molar-refractivity contribution in [2.45, 2.75) is 13.0 Å². The molecule has 3 rings (SSSR count). The number of ether oxygens (including phenoxy) is 1. The van der Waals surface area contributed by atoms with Crippen LogP contribution >= 0.6 is 11.3 Å². The van der Waals surface area contributed by atoms with E-state index in [4.69, 9.17) is 9.26 Å². The van der Waals surface area contributed by atoms with Crippen molar-refractivity contribution in [3.63, 3.8) is 0 Å². The maximum absolute atomic E-state index is 13.2. The molecular formula is C18H15FN2O4S. The van der Waals surface area contributed by atoms with Crippen molar-refractivity contribution in [1.29, 1.82) is 0 Å². The average molecular weight is 374 g/mol. The predicted molar refractivity (Wildman–Crippen MR) is 92.2 cm³/mol. The molecule has 0 spiro atoms. The molecule has 1 unspecified atom stereocenters. The van der Waals surface area contributed by atoms with E-state index >= 15 is 0 Å². The van der Waals surface area contributed by atoms with E-state index in [1.54, 1.807) is 19.1 Å². The molecule has 2 aromatic heterocycles. The zero-order chi connectivity index (χ0) is 18.5. The van der Waals surface area contributed by atoms with Gasteiger partial charge in [0.25, 0.3) is 5.91 Å². The number of esters is 1. The molecular weight excluding hydrogens is 359 g/mol. The van der Waals surface area contributed by atoms with Crippen LogP contribution in [-0.4, -0.2) is 23.6 Å². The second kappa shape index (κ2) is 7.92. The zero-order valence-corrected chi connectivity index (χ0v) is 14.6. The zero-order valence-electron chi connectivity index (χ0n) is 13.8. The average Bonchev–Trinajstić information content (AvgIpc) is 3.30. The Balaban J connectivity index is 1.66. The molecule has 2 heterocycles. The molecule has 1 N–H and O–H groups in total. The quantitative estimate of drug-likeness (QED) is 0.670. The number of halogens is 1. The van der Waals surface area contributed by atoms with E-state index in [0.29, 0.717) is 5.69 Å². The molecule has 8 heteroatoms. The summed E-state index contributed by atoms with van der Waals surface area (Å²) in [5, 5.41) is 8.26. The molecule has 1 amide bonds. The number of thiophene rings is 1. The molecule has 0 bridgehead atoms. The Kier molecular flexibility index (Phi) is 5.43. The molecule has 1 aromatic carbocycles. The van der Waals surface area contributed by atoms with Gasteiger partial charge in [-0.2, -0.15) is 0 Å². The number of hydrogen-bond donors (Lipinski definition) is 1. The lowest BCUT2D eigenvalue weighted by Gasteiger charge is -2.18. The number of hydrogen-bond acceptors (Lipinski definition) is 6. The van der Waals surface area contributed by atoms with Gasteiger partial charge in [-0.05, 0) is 36.1 Å². The van der Waals surface area contributed by atoms with Gasteiger partial charge in [-0.25, -0.2) is 9.18 Å². The van der Waals surface area contributed by atoms with E-state index in [1.807, 2.05) is 17.5 Å². The second-order valence-corrected chi connectivity index (χ2v) is 6.46. The van der Waals surface area contributed by atoms with Gasteiger partial charge in [0.05, 0.1) is 11.7 Å². The molecule has 0 radical (unpaired) electrons. The third kappa shape index (κ3) is 4.34. The number of nitrogens with one attached hydrogen (secondary N) is 1. The molecule has 0 aliphatic rings. The van der Waals surface area contributed by atoms with Crippen LogP contribution in [0.15, 0.2) is 52.4 Å². The van der Waals surface area contributed by atoms with Crippen LogP contribution in [0.25, 0.3) is 0 Å². The molecule has 134 valence electrons. The molecule has 0 saturated heterocycles. The molecule has 6 nitrogen and oxygen atoms in total. The van der Waals surface area contributed by atoms with Gasteiger partial charge in [-0.3, -0.25) is 4.79 Å². The van der Waals surface area contributed by atoms with E-state index in [0.717, 1.165) is 10.4 Å². The van der Waals surface area contributed by atoms with Crippen molar-refractivity contribution in [2.24, 2.45) is 0 Å². The van der Waals surface area contributed by atoms with Crippen molar-refractivity contribution < 1.29 is 23.2 Å². The summed E-state index contributed by atoms with van der Waals surface area (Å²) < 4.78 is 22.9. The summed E-state index contributed by atoms with van der Waals surface area (Å²) in [6.07, 6.45) is 0. The van der Waals surface area contributed by atoms with Crippen molar-refractivity contribution in [3.05, 3.63) is 75.6 Å². The third-order valence-corrected chi connectivity index (χ3v) is 4.44. The van der Waals surface area contributed by atoms with Crippen LogP contribution in [0.1, 0.15) is 32.7 Å². The number of carbonyl (C=O) groups excluding carboxylic acids is 2. The monoisotopic (exact) mass is 374 g/mol. The topological polar surface area (TPSA) is 81.4 Å². The Morgan fingerprint density at radius 1 is 1.31 bits per heavy atom. The Bertz CT molecular complexity index is 890. The third-order valence-electron chi connectivity index (χ3n) is 3.50. The van der Waals surface area contributed by atoms with Crippen LogP contribution in [0.4, 0.5) is 4.39 Å². The van der Waals surface area contributed by atoms with Crippen LogP contribution in [0.5, 0.6) is 0 Å². The fourth-order valence-electron chi connectivity index (χ4n) is 2.29. The maximum Gasteiger partial charge on any atom is 0.377 e. The molecule has 0 saturated carbocycles. The Morgan fingerprint density at radius 3 is 2.69 bits per heavy atom. The predicted octanol–water partition coefficient (Wildman–Crippen LogP) is 3.25. The first-order valence-electron chi connectivity index (χ1n) is 7.71. The van der Waals surface area contributed by atoms with Crippen LogP contribution in [0.2, 0.25) is 0 Å². The Morgan fingerprint density at radius 2 is 2.08 bits per heavy atom. The highest BCUT2D eigenvalue weighted by atomic mass is 32.1. The largest absolute Gasteiger partial charge is 0.450 e. The van der Waals surface area contributed by atoms with Gasteiger partial charge in [0, 0.05) is 10.9 Å². The van der Waals surface area contributed by atoms with E-state index in [-0.39, 0.29) is 11.6 Å². The molecule has 0 aliphatic heterocycles. The fourth-order valence-corrected chi connectivity index (χ4v) is 3.10. The number of aryl methyl sites for hydroxylation is 1. The van der Waals surface area contributed by atoms with Gasteiger partial charge < -0.3 is 14.6 Å². The molecule has 0 aliphatic carbocycles. The number of nitrogens with zero attached hydrogens (tertiary/aromatic N) is 1. The van der Waals surface area contributed by atoms with Crippen LogP contribution in [0.3, 0.4) is 0 Å². The van der Waals surface area contributed by atoms with E-state index < -0.39 is 24.5 Å². The van der Waals surface area contributed by atoms with Gasteiger partial charge in [0.2, 0.25) is 5.76 Å². The smallest absolute Gasteiger partial charge is 0.377 e. The SMILES string of the molecule is Cc1cc(C(=O)OCC(=O)NC(c2ccc(F)cc2)c2cccs2)on1. The van der Waals surface area contributed by atoms with Gasteiger partial charge in [-0.15, -0.1) is 11.3 Å². The number of carbonyl (C=O) groups is 2. The van der Waals surface area contributed by atoms with Crippen LogP contribution in [0, 0.1) is 12.7 Å². The summed E-state index contributed by atoms with van der Waals surface area (Å²) in [5.41, 5.74) is 1.26. The minimum Gasteiger partial charge on any atom is -0.450 e. The normalized spacial score (nSPS) is 11.8. The minimum atomic E-state index is -0.768. The van der Waals surface area contributed by atoms with E-state index in [1.165, 1.54) is 29.5 Å². The molecule has 1 atom stereocenters. The van der Waals surface area contributed by atoms with Gasteiger partial charge >= 0.3 is 5.97 Å². The summed E-state index contributed by atoms with van der Waals surface area (Å²) in [6, 6.07) is 10.5. The number of amides is 1. The van der Waals surface area contributed by atoms with E-state index in [9.17, 15) is 14.0 Å². The number of aromatic nitrogens is 1. The molecule has 3 aromatic rings. The van der Waals surface area contributed by atoms with Gasteiger partial charge in [0.15, 0.2) is 6.61 Å². The lowest BCUT2D eigenvalue weighted by atomic mass is 10.1. The summed E-state index contributed by atoms with van der Waals surface area (Å²) in [4.78, 5) is 24.9. The summed E-state index contributed by atoms with van der Waals surface area (Å²) in [5.74, 6) is -1.68. The van der Waals surface area contributed by atoms with Crippen molar-refractivity contribution in [3.8, 4) is 0 Å². The molecule has 0 fully saturated rings. The summed E-state index contributed by atoms with van der Waals surface area (Å²) in [7, 11) is 0. The Hall–Kier alpha value is -3.00. The number of benzene rings is 1.